The lowest BCUT2D eigenvalue weighted by Crippen LogP contribution is -2.32. The Balaban J connectivity index is 2.37. The molecule has 0 saturated carbocycles. The highest BCUT2D eigenvalue weighted by Crippen LogP contribution is 2.31. The van der Waals surface area contributed by atoms with Crippen molar-refractivity contribution in [1.29, 1.82) is 0 Å². The van der Waals surface area contributed by atoms with E-state index >= 15 is 0 Å². The van der Waals surface area contributed by atoms with Crippen molar-refractivity contribution in [1.82, 2.24) is 4.31 Å². The van der Waals surface area contributed by atoms with Gasteiger partial charge in [0.1, 0.15) is 0 Å². The van der Waals surface area contributed by atoms with E-state index in [1.165, 1.54) is 30.7 Å². The monoisotopic (exact) mass is 364 g/mol. The zero-order chi connectivity index (χ0) is 18.3. The number of nitrogens with two attached hydrogens (primary N) is 1. The first kappa shape index (κ1) is 19.2. The maximum atomic E-state index is 13.1. The lowest BCUT2D eigenvalue weighted by molar-refractivity contribution is 0.353. The lowest BCUT2D eigenvalue weighted by atomic mass is 10.2. The number of hydrogen-bond acceptors (Lipinski definition) is 5. The Morgan fingerprint density at radius 1 is 1.00 bits per heavy atom. The number of sulfonamides is 1. The number of methoxy groups -OCH3 is 2. The van der Waals surface area contributed by atoms with Crippen LogP contribution in [0.5, 0.6) is 11.5 Å². The third-order valence-electron chi connectivity index (χ3n) is 3.81. The van der Waals surface area contributed by atoms with Gasteiger partial charge < -0.3 is 15.2 Å². The van der Waals surface area contributed by atoms with Crippen LogP contribution in [-0.2, 0) is 16.6 Å². The largest absolute Gasteiger partial charge is 0.493 e. The summed E-state index contributed by atoms with van der Waals surface area (Å²) < 4.78 is 38.0. The molecule has 7 heteroatoms. The molecule has 0 bridgehead atoms. The zero-order valence-electron chi connectivity index (χ0n) is 14.5. The fourth-order valence-electron chi connectivity index (χ4n) is 2.46. The molecule has 2 N–H and O–H groups in total. The molecule has 0 aliphatic heterocycles. The van der Waals surface area contributed by atoms with Gasteiger partial charge in [-0.1, -0.05) is 30.3 Å². The highest BCUT2D eigenvalue weighted by Gasteiger charge is 2.25. The smallest absolute Gasteiger partial charge is 0.243 e. The zero-order valence-corrected chi connectivity index (χ0v) is 15.3. The van der Waals surface area contributed by atoms with Crippen LogP contribution >= 0.6 is 0 Å². The van der Waals surface area contributed by atoms with E-state index in [-0.39, 0.29) is 11.4 Å². The van der Waals surface area contributed by atoms with Crippen LogP contribution in [-0.4, -0.2) is 40.0 Å². The minimum absolute atomic E-state index is 0.165. The fourth-order valence-corrected chi connectivity index (χ4v) is 3.95. The second-order valence-electron chi connectivity index (χ2n) is 5.48. The van der Waals surface area contributed by atoms with Crippen LogP contribution in [0, 0.1) is 0 Å². The van der Waals surface area contributed by atoms with Gasteiger partial charge >= 0.3 is 0 Å². The molecule has 2 aromatic rings. The van der Waals surface area contributed by atoms with E-state index in [4.69, 9.17) is 15.2 Å². The number of rotatable bonds is 9. The van der Waals surface area contributed by atoms with Gasteiger partial charge in [0.2, 0.25) is 10.0 Å². The summed E-state index contributed by atoms with van der Waals surface area (Å²) in [6.07, 6.45) is 0.583. The average Bonchev–Trinajstić information content (AvgIpc) is 2.65. The molecule has 2 rings (SSSR count). The maximum Gasteiger partial charge on any atom is 0.243 e. The summed E-state index contributed by atoms with van der Waals surface area (Å²) in [7, 11) is -0.701. The molecule has 0 aromatic heterocycles. The highest BCUT2D eigenvalue weighted by atomic mass is 32.2. The van der Waals surface area contributed by atoms with Gasteiger partial charge in [0.05, 0.1) is 19.1 Å². The van der Waals surface area contributed by atoms with E-state index in [1.807, 2.05) is 30.3 Å². The second-order valence-corrected chi connectivity index (χ2v) is 7.42. The number of nitrogens with zero attached hydrogens (tertiary/aromatic N) is 1. The predicted molar refractivity (Wildman–Crippen MR) is 97.3 cm³/mol. The SMILES string of the molecule is COc1ccc(S(=O)(=O)N(CCCN)Cc2ccccc2)cc1OC. The standard InChI is InChI=1S/C18H24N2O4S/c1-23-17-10-9-16(13-18(17)24-2)25(21,22)20(12-6-11-19)14-15-7-4-3-5-8-15/h3-5,7-10,13H,6,11-12,14,19H2,1-2H3. The Kier molecular flexibility index (Phi) is 6.81. The molecule has 0 aliphatic rings. The summed E-state index contributed by atoms with van der Waals surface area (Å²) in [4.78, 5) is 0.165. The Bertz CT molecular complexity index is 779. The summed E-state index contributed by atoms with van der Waals surface area (Å²) in [5.74, 6) is 0.861. The molecule has 0 unspecified atom stereocenters. The van der Waals surface area contributed by atoms with Gasteiger partial charge in [-0.2, -0.15) is 4.31 Å². The van der Waals surface area contributed by atoms with Crippen molar-refractivity contribution in [2.24, 2.45) is 5.73 Å². The highest BCUT2D eigenvalue weighted by molar-refractivity contribution is 7.89. The molecule has 0 heterocycles. The molecule has 0 spiro atoms. The summed E-state index contributed by atoms with van der Waals surface area (Å²) in [5, 5.41) is 0. The molecule has 2 aromatic carbocycles. The lowest BCUT2D eigenvalue weighted by Gasteiger charge is -2.22. The van der Waals surface area contributed by atoms with Crippen LogP contribution in [0.1, 0.15) is 12.0 Å². The van der Waals surface area contributed by atoms with Crippen LogP contribution in [0.15, 0.2) is 53.4 Å². The Labute approximate surface area is 149 Å². The van der Waals surface area contributed by atoms with E-state index in [2.05, 4.69) is 0 Å². The van der Waals surface area contributed by atoms with Gasteiger partial charge in [0, 0.05) is 19.2 Å². The van der Waals surface area contributed by atoms with Crippen molar-refractivity contribution >= 4 is 10.0 Å². The first-order valence-electron chi connectivity index (χ1n) is 7.99. The van der Waals surface area contributed by atoms with Crippen LogP contribution in [0.4, 0.5) is 0 Å². The normalized spacial score (nSPS) is 11.5. The van der Waals surface area contributed by atoms with E-state index in [0.717, 1.165) is 5.56 Å². The van der Waals surface area contributed by atoms with Gasteiger partial charge in [0.25, 0.3) is 0 Å². The molecule has 0 amide bonds. The molecule has 0 aliphatic carbocycles. The summed E-state index contributed by atoms with van der Waals surface area (Å²) in [6.45, 7) is 1.06. The van der Waals surface area contributed by atoms with Crippen molar-refractivity contribution in [3.8, 4) is 11.5 Å². The van der Waals surface area contributed by atoms with Crippen LogP contribution in [0.2, 0.25) is 0 Å². The molecule has 0 fully saturated rings. The van der Waals surface area contributed by atoms with Crippen molar-refractivity contribution in [2.75, 3.05) is 27.3 Å². The van der Waals surface area contributed by atoms with E-state index < -0.39 is 10.0 Å². The van der Waals surface area contributed by atoms with Gasteiger partial charge in [0.15, 0.2) is 11.5 Å². The Morgan fingerprint density at radius 3 is 2.28 bits per heavy atom. The number of ether oxygens (including phenoxy) is 2. The molecule has 25 heavy (non-hydrogen) atoms. The van der Waals surface area contributed by atoms with Gasteiger partial charge in [-0.3, -0.25) is 0 Å². The van der Waals surface area contributed by atoms with E-state index in [0.29, 0.717) is 31.0 Å². The third kappa shape index (κ3) is 4.72. The second kappa shape index (κ2) is 8.84. The third-order valence-corrected chi connectivity index (χ3v) is 5.65. The van der Waals surface area contributed by atoms with Gasteiger partial charge in [-0.15, -0.1) is 0 Å². The molecular weight excluding hydrogens is 340 g/mol. The molecule has 0 radical (unpaired) electrons. The first-order valence-corrected chi connectivity index (χ1v) is 9.43. The van der Waals surface area contributed by atoms with E-state index in [9.17, 15) is 8.42 Å². The Hall–Kier alpha value is -2.09. The predicted octanol–water partition coefficient (Wildman–Crippen LogP) is 2.24. The van der Waals surface area contributed by atoms with Crippen LogP contribution in [0.3, 0.4) is 0 Å². The van der Waals surface area contributed by atoms with Crippen molar-refractivity contribution in [3.05, 3.63) is 54.1 Å². The number of benzene rings is 2. The van der Waals surface area contributed by atoms with Crippen LogP contribution < -0.4 is 15.2 Å². The van der Waals surface area contributed by atoms with Crippen molar-refractivity contribution < 1.29 is 17.9 Å². The average molecular weight is 364 g/mol. The Morgan fingerprint density at radius 2 is 1.68 bits per heavy atom. The molecular formula is C18H24N2O4S. The molecule has 136 valence electrons. The summed E-state index contributed by atoms with van der Waals surface area (Å²) >= 11 is 0. The maximum absolute atomic E-state index is 13.1. The molecule has 0 saturated heterocycles. The molecule has 6 nitrogen and oxygen atoms in total. The minimum atomic E-state index is -3.69. The quantitative estimate of drug-likeness (QED) is 0.738. The fraction of sp³-hybridized carbons (Fsp3) is 0.333. The van der Waals surface area contributed by atoms with E-state index in [1.54, 1.807) is 6.07 Å². The minimum Gasteiger partial charge on any atom is -0.493 e. The van der Waals surface area contributed by atoms with Crippen LogP contribution in [0.25, 0.3) is 0 Å². The topological polar surface area (TPSA) is 81.9 Å². The van der Waals surface area contributed by atoms with Crippen molar-refractivity contribution in [2.45, 2.75) is 17.9 Å². The summed E-state index contributed by atoms with van der Waals surface area (Å²) in [6, 6.07) is 14.1. The van der Waals surface area contributed by atoms with Crippen molar-refractivity contribution in [3.63, 3.8) is 0 Å². The molecule has 0 atom stereocenters. The number of hydrogen-bond donors (Lipinski definition) is 1. The summed E-state index contributed by atoms with van der Waals surface area (Å²) in [5.41, 5.74) is 6.50. The van der Waals surface area contributed by atoms with Gasteiger partial charge in [-0.05, 0) is 30.7 Å². The van der Waals surface area contributed by atoms with Gasteiger partial charge in [-0.25, -0.2) is 8.42 Å². The first-order chi connectivity index (χ1) is 12.0.